The lowest BCUT2D eigenvalue weighted by atomic mass is 9.97. The molecule has 0 saturated heterocycles. The summed E-state index contributed by atoms with van der Waals surface area (Å²) in [5.41, 5.74) is 1.71. The highest BCUT2D eigenvalue weighted by atomic mass is 35.5. The first-order chi connectivity index (χ1) is 17.1. The average molecular weight is 542 g/mol. The average Bonchev–Trinajstić information content (AvgIpc) is 2.85. The van der Waals surface area contributed by atoms with E-state index in [-0.39, 0.29) is 26.4 Å². The van der Waals surface area contributed by atoms with Gasteiger partial charge in [-0.1, -0.05) is 77.8 Å². The topological polar surface area (TPSA) is 91.8 Å². The minimum atomic E-state index is -4.31. The number of carboxylic acid groups (broad SMARTS) is 1. The maximum Gasteiger partial charge on any atom is 0.324 e. The fourth-order valence-electron chi connectivity index (χ4n) is 3.95. The highest BCUT2D eigenvalue weighted by Gasteiger charge is 2.28. The molecule has 4 aromatic rings. The molecule has 6 nitrogen and oxygen atoms in total. The van der Waals surface area contributed by atoms with Crippen LogP contribution in [0.25, 0.3) is 10.8 Å². The SMILES string of the molecule is O=C(O)CN(c1ccc2c(C(=O)CCc3ccccc3)cccc2c1)S(=O)(=O)c1cc(Cl)cc(Cl)c1. The summed E-state index contributed by atoms with van der Waals surface area (Å²) in [7, 11) is -4.31. The van der Waals surface area contributed by atoms with Crippen LogP contribution >= 0.6 is 23.2 Å². The van der Waals surface area contributed by atoms with Gasteiger partial charge in [-0.15, -0.1) is 0 Å². The monoisotopic (exact) mass is 541 g/mol. The minimum Gasteiger partial charge on any atom is -0.480 e. The molecule has 0 saturated carbocycles. The Morgan fingerprint density at radius 2 is 1.53 bits per heavy atom. The molecule has 36 heavy (non-hydrogen) atoms. The van der Waals surface area contributed by atoms with Gasteiger partial charge in [0.15, 0.2) is 5.78 Å². The molecule has 0 aliphatic carbocycles. The maximum absolute atomic E-state index is 13.4. The summed E-state index contributed by atoms with van der Waals surface area (Å²) in [6.07, 6.45) is 0.918. The molecule has 0 fully saturated rings. The molecule has 4 rings (SSSR count). The summed E-state index contributed by atoms with van der Waals surface area (Å²) in [6, 6.07) is 23.4. The van der Waals surface area contributed by atoms with Crippen molar-refractivity contribution >= 4 is 61.4 Å². The van der Waals surface area contributed by atoms with E-state index in [0.717, 1.165) is 9.87 Å². The van der Waals surface area contributed by atoms with Crippen LogP contribution in [0, 0.1) is 0 Å². The van der Waals surface area contributed by atoms with Gasteiger partial charge < -0.3 is 5.11 Å². The van der Waals surface area contributed by atoms with E-state index in [1.807, 2.05) is 30.3 Å². The number of hydrogen-bond donors (Lipinski definition) is 1. The van der Waals surface area contributed by atoms with Gasteiger partial charge in [0.05, 0.1) is 10.6 Å². The molecule has 0 heterocycles. The van der Waals surface area contributed by atoms with Crippen LogP contribution in [-0.2, 0) is 21.2 Å². The second kappa shape index (κ2) is 10.7. The Hall–Kier alpha value is -3.39. The number of aryl methyl sites for hydroxylation is 1. The summed E-state index contributed by atoms with van der Waals surface area (Å²) in [5, 5.41) is 10.9. The van der Waals surface area contributed by atoms with Gasteiger partial charge in [-0.3, -0.25) is 13.9 Å². The van der Waals surface area contributed by atoms with Crippen molar-refractivity contribution in [2.75, 3.05) is 10.8 Å². The van der Waals surface area contributed by atoms with Crippen molar-refractivity contribution in [3.8, 4) is 0 Å². The Labute approximate surface area is 218 Å². The number of carboxylic acids is 1. The van der Waals surface area contributed by atoms with Gasteiger partial charge in [0.25, 0.3) is 10.0 Å². The summed E-state index contributed by atoms with van der Waals surface area (Å²) in [6.45, 7) is -0.812. The van der Waals surface area contributed by atoms with E-state index in [9.17, 15) is 23.1 Å². The predicted molar refractivity (Wildman–Crippen MR) is 142 cm³/mol. The Morgan fingerprint density at radius 3 is 2.19 bits per heavy atom. The number of Topliss-reactive ketones (excluding diaryl/α,β-unsaturated/α-hetero) is 1. The van der Waals surface area contributed by atoms with Crippen molar-refractivity contribution < 1.29 is 23.1 Å². The van der Waals surface area contributed by atoms with Crippen LogP contribution in [0.3, 0.4) is 0 Å². The predicted octanol–water partition coefficient (Wildman–Crippen LogP) is 6.24. The van der Waals surface area contributed by atoms with E-state index in [1.54, 1.807) is 30.3 Å². The van der Waals surface area contributed by atoms with Gasteiger partial charge in [-0.05, 0) is 53.1 Å². The third-order valence-corrected chi connectivity index (χ3v) is 7.83. The van der Waals surface area contributed by atoms with Crippen molar-refractivity contribution in [1.82, 2.24) is 0 Å². The first-order valence-corrected chi connectivity index (χ1v) is 13.2. The number of ketones is 1. The molecular formula is C27H21Cl2NO5S. The fraction of sp³-hybridized carbons (Fsp3) is 0.111. The molecule has 1 N–H and O–H groups in total. The Morgan fingerprint density at radius 1 is 0.833 bits per heavy atom. The standard InChI is InChI=1S/C27H21Cl2NO5S/c28-20-14-21(29)16-23(15-20)36(34,35)30(17-27(32)33)22-10-11-24-19(13-22)7-4-8-25(24)26(31)12-9-18-5-2-1-3-6-18/h1-8,10-11,13-16H,9,12,17H2,(H,32,33). The maximum atomic E-state index is 13.4. The summed E-state index contributed by atoms with van der Waals surface area (Å²) < 4.78 is 27.6. The van der Waals surface area contributed by atoms with Crippen LogP contribution in [0.2, 0.25) is 10.0 Å². The molecule has 0 radical (unpaired) electrons. The lowest BCUT2D eigenvalue weighted by molar-refractivity contribution is -0.135. The normalized spacial score (nSPS) is 11.4. The van der Waals surface area contributed by atoms with E-state index in [1.165, 1.54) is 24.3 Å². The molecule has 0 atom stereocenters. The van der Waals surface area contributed by atoms with Crippen molar-refractivity contribution in [1.29, 1.82) is 0 Å². The van der Waals surface area contributed by atoms with Gasteiger partial charge in [0, 0.05) is 22.0 Å². The number of carbonyl (C=O) groups is 2. The molecule has 9 heteroatoms. The lowest BCUT2D eigenvalue weighted by Gasteiger charge is -2.23. The number of aliphatic carboxylic acids is 1. The summed E-state index contributed by atoms with van der Waals surface area (Å²) in [5.74, 6) is -1.38. The second-order valence-corrected chi connectivity index (χ2v) is 10.9. The highest BCUT2D eigenvalue weighted by molar-refractivity contribution is 7.92. The number of fused-ring (bicyclic) bond motifs is 1. The first-order valence-electron chi connectivity index (χ1n) is 11.0. The zero-order valence-electron chi connectivity index (χ0n) is 18.9. The van der Waals surface area contributed by atoms with E-state index in [2.05, 4.69) is 0 Å². The third kappa shape index (κ3) is 5.70. The van der Waals surface area contributed by atoms with E-state index < -0.39 is 22.5 Å². The summed E-state index contributed by atoms with van der Waals surface area (Å²) in [4.78, 5) is 24.4. The number of nitrogens with zero attached hydrogens (tertiary/aromatic N) is 1. The van der Waals surface area contributed by atoms with Crippen molar-refractivity contribution in [3.63, 3.8) is 0 Å². The van der Waals surface area contributed by atoms with Crippen LogP contribution < -0.4 is 4.31 Å². The zero-order chi connectivity index (χ0) is 25.9. The van der Waals surface area contributed by atoms with E-state index in [4.69, 9.17) is 23.2 Å². The van der Waals surface area contributed by atoms with Crippen LogP contribution in [0.4, 0.5) is 5.69 Å². The number of sulfonamides is 1. The third-order valence-electron chi connectivity index (χ3n) is 5.64. The number of rotatable bonds is 9. The van der Waals surface area contributed by atoms with Crippen LogP contribution in [0.15, 0.2) is 89.8 Å². The van der Waals surface area contributed by atoms with Gasteiger partial charge in [0.1, 0.15) is 6.54 Å². The van der Waals surface area contributed by atoms with Crippen LogP contribution in [-0.4, -0.2) is 31.8 Å². The Kier molecular flexibility index (Phi) is 7.64. The molecule has 184 valence electrons. The van der Waals surface area contributed by atoms with Crippen LogP contribution in [0.5, 0.6) is 0 Å². The Bertz CT molecular complexity index is 1540. The summed E-state index contributed by atoms with van der Waals surface area (Å²) >= 11 is 12.0. The van der Waals surface area contributed by atoms with E-state index in [0.29, 0.717) is 29.2 Å². The largest absolute Gasteiger partial charge is 0.480 e. The lowest BCUT2D eigenvalue weighted by Crippen LogP contribution is -2.35. The molecule has 0 unspecified atom stereocenters. The quantitative estimate of drug-likeness (QED) is 0.253. The number of benzene rings is 4. The number of carbonyl (C=O) groups excluding carboxylic acids is 1. The number of anilines is 1. The molecular weight excluding hydrogens is 521 g/mol. The highest BCUT2D eigenvalue weighted by Crippen LogP contribution is 2.31. The molecule has 0 aromatic heterocycles. The fourth-order valence-corrected chi connectivity index (χ4v) is 6.08. The van der Waals surface area contributed by atoms with Crippen molar-refractivity contribution in [2.24, 2.45) is 0 Å². The molecule has 0 spiro atoms. The van der Waals surface area contributed by atoms with E-state index >= 15 is 0 Å². The van der Waals surface area contributed by atoms with Gasteiger partial charge in [0.2, 0.25) is 0 Å². The molecule has 0 aliphatic heterocycles. The second-order valence-electron chi connectivity index (χ2n) is 8.13. The molecule has 4 aromatic carbocycles. The van der Waals surface area contributed by atoms with Gasteiger partial charge in [-0.25, -0.2) is 8.42 Å². The Balaban J connectivity index is 1.70. The van der Waals surface area contributed by atoms with Crippen molar-refractivity contribution in [2.45, 2.75) is 17.7 Å². The molecule has 0 aliphatic rings. The number of halogens is 2. The van der Waals surface area contributed by atoms with Crippen molar-refractivity contribution in [3.05, 3.63) is 106 Å². The smallest absolute Gasteiger partial charge is 0.324 e. The number of hydrogen-bond acceptors (Lipinski definition) is 4. The van der Waals surface area contributed by atoms with Gasteiger partial charge in [-0.2, -0.15) is 0 Å². The van der Waals surface area contributed by atoms with Gasteiger partial charge >= 0.3 is 5.97 Å². The zero-order valence-corrected chi connectivity index (χ0v) is 21.2. The molecule has 0 bridgehead atoms. The van der Waals surface area contributed by atoms with Crippen LogP contribution in [0.1, 0.15) is 22.3 Å². The first kappa shape index (κ1) is 25.7. The minimum absolute atomic E-state index is 0.0409. The molecule has 0 amide bonds.